The van der Waals surface area contributed by atoms with E-state index in [1.807, 2.05) is 0 Å². The zero-order valence-corrected chi connectivity index (χ0v) is 13.8. The number of nitrogens with one attached hydrogen (secondary N) is 1. The highest BCUT2D eigenvalue weighted by atomic mass is 32.2. The third kappa shape index (κ3) is 3.98. The fourth-order valence-corrected chi connectivity index (χ4v) is 3.11. The Morgan fingerprint density at radius 1 is 1.32 bits per heavy atom. The first-order valence-corrected chi connectivity index (χ1v) is 8.84. The molecule has 0 aromatic carbocycles. The minimum Gasteiger partial charge on any atom is -0.438 e. The molecule has 1 heterocycles. The summed E-state index contributed by atoms with van der Waals surface area (Å²) >= 11 is 0. The highest BCUT2D eigenvalue weighted by Crippen LogP contribution is 2.20. The Hall–Kier alpha value is -1.60. The predicted octanol–water partition coefficient (Wildman–Crippen LogP) is 2.15. The van der Waals surface area contributed by atoms with Crippen molar-refractivity contribution in [1.82, 2.24) is 9.62 Å². The van der Waals surface area contributed by atoms with Crippen molar-refractivity contribution in [1.29, 1.82) is 0 Å². The molecule has 0 saturated heterocycles. The lowest BCUT2D eigenvalue weighted by Crippen LogP contribution is -2.24. The van der Waals surface area contributed by atoms with Crippen LogP contribution < -0.4 is 5.32 Å². The van der Waals surface area contributed by atoms with Crippen LogP contribution in [0.5, 0.6) is 0 Å². The van der Waals surface area contributed by atoms with E-state index in [0.29, 0.717) is 6.54 Å². The number of allylic oxidation sites excluding steroid dienone is 1. The summed E-state index contributed by atoms with van der Waals surface area (Å²) in [6.45, 7) is 0.529. The van der Waals surface area contributed by atoms with Gasteiger partial charge in [0, 0.05) is 20.6 Å². The first kappa shape index (κ1) is 16.8. The van der Waals surface area contributed by atoms with Gasteiger partial charge in [0.25, 0.3) is 15.9 Å². The third-order valence-corrected chi connectivity index (χ3v) is 5.35. The van der Waals surface area contributed by atoms with E-state index in [-0.39, 0.29) is 10.9 Å². The van der Waals surface area contributed by atoms with Crippen molar-refractivity contribution in [2.45, 2.75) is 37.2 Å². The van der Waals surface area contributed by atoms with Crippen LogP contribution in [-0.2, 0) is 10.0 Å². The molecule has 0 saturated carbocycles. The second kappa shape index (κ2) is 7.11. The van der Waals surface area contributed by atoms with Crippen LogP contribution in [0.15, 0.2) is 33.3 Å². The van der Waals surface area contributed by atoms with Gasteiger partial charge in [0.05, 0.1) is 0 Å². The summed E-state index contributed by atoms with van der Waals surface area (Å²) in [5, 5.41) is 2.53. The van der Waals surface area contributed by atoms with Crippen LogP contribution in [0.1, 0.15) is 42.7 Å². The second-order valence-corrected chi connectivity index (χ2v) is 7.60. The van der Waals surface area contributed by atoms with E-state index in [9.17, 15) is 13.2 Å². The molecule has 1 aliphatic rings. The smallest absolute Gasteiger partial charge is 0.287 e. The molecule has 22 heavy (non-hydrogen) atoms. The molecule has 0 spiro atoms. The monoisotopic (exact) mass is 326 g/mol. The lowest BCUT2D eigenvalue weighted by Gasteiger charge is -2.12. The summed E-state index contributed by atoms with van der Waals surface area (Å²) in [5.41, 5.74) is 1.38. The van der Waals surface area contributed by atoms with Crippen LogP contribution in [0.3, 0.4) is 0 Å². The van der Waals surface area contributed by atoms with Gasteiger partial charge in [0.15, 0.2) is 5.76 Å². The van der Waals surface area contributed by atoms with Gasteiger partial charge >= 0.3 is 0 Å². The summed E-state index contributed by atoms with van der Waals surface area (Å²) in [7, 11) is -0.825. The van der Waals surface area contributed by atoms with Gasteiger partial charge in [0.2, 0.25) is 5.09 Å². The average Bonchev–Trinajstić information content (AvgIpc) is 2.98. The van der Waals surface area contributed by atoms with Crippen molar-refractivity contribution in [3.8, 4) is 0 Å². The molecule has 1 aliphatic carbocycles. The Morgan fingerprint density at radius 3 is 2.73 bits per heavy atom. The van der Waals surface area contributed by atoms with Crippen LogP contribution in [0.4, 0.5) is 0 Å². The number of carbonyl (C=O) groups is 1. The first-order valence-electron chi connectivity index (χ1n) is 7.40. The Balaban J connectivity index is 1.91. The quantitative estimate of drug-likeness (QED) is 0.812. The van der Waals surface area contributed by atoms with Gasteiger partial charge in [-0.1, -0.05) is 11.6 Å². The van der Waals surface area contributed by atoms with Gasteiger partial charge in [-0.3, -0.25) is 4.79 Å². The Kier molecular flexibility index (Phi) is 5.42. The van der Waals surface area contributed by atoms with Crippen molar-refractivity contribution >= 4 is 15.9 Å². The second-order valence-electron chi connectivity index (χ2n) is 5.52. The molecule has 7 heteroatoms. The topological polar surface area (TPSA) is 79.6 Å². The molecule has 0 bridgehead atoms. The standard InChI is InChI=1S/C15H22N2O4S/c1-17(2)22(19,20)14-9-8-13(21-14)15(18)16-11-10-12-6-4-3-5-7-12/h6,8-9H,3-5,7,10-11H2,1-2H3,(H,16,18). The van der Waals surface area contributed by atoms with E-state index in [0.717, 1.165) is 23.6 Å². The molecule has 1 amide bonds. The van der Waals surface area contributed by atoms with Gasteiger partial charge in [-0.25, -0.2) is 12.7 Å². The van der Waals surface area contributed by atoms with Crippen LogP contribution >= 0.6 is 0 Å². The number of carbonyl (C=O) groups excluding carboxylic acids is 1. The van der Waals surface area contributed by atoms with Gasteiger partial charge in [0.1, 0.15) is 0 Å². The minimum absolute atomic E-state index is 0.0121. The summed E-state index contributed by atoms with van der Waals surface area (Å²) < 4.78 is 30.0. The van der Waals surface area contributed by atoms with Gasteiger partial charge < -0.3 is 9.73 Å². The average molecular weight is 326 g/mol. The minimum atomic E-state index is -3.65. The summed E-state index contributed by atoms with van der Waals surface area (Å²) in [5.74, 6) is -0.380. The number of amides is 1. The van der Waals surface area contributed by atoms with Crippen LogP contribution in [0, 0.1) is 0 Å². The van der Waals surface area contributed by atoms with Crippen molar-refractivity contribution in [3.05, 3.63) is 29.5 Å². The zero-order valence-electron chi connectivity index (χ0n) is 13.0. The molecule has 0 unspecified atom stereocenters. The highest BCUT2D eigenvalue weighted by molar-refractivity contribution is 7.88. The number of rotatable bonds is 6. The maximum absolute atomic E-state index is 12.0. The predicted molar refractivity (Wildman–Crippen MR) is 83.1 cm³/mol. The normalized spacial score (nSPS) is 15.7. The molecule has 6 nitrogen and oxygen atoms in total. The molecule has 0 aliphatic heterocycles. The van der Waals surface area contributed by atoms with Crippen molar-refractivity contribution in [3.63, 3.8) is 0 Å². The number of sulfonamides is 1. The van der Waals surface area contributed by atoms with Gasteiger partial charge in [-0.05, 0) is 44.2 Å². The number of furan rings is 1. The molecule has 1 aromatic heterocycles. The largest absolute Gasteiger partial charge is 0.438 e. The summed E-state index contributed by atoms with van der Waals surface area (Å²) in [4.78, 5) is 12.0. The summed E-state index contributed by atoms with van der Waals surface area (Å²) in [6.07, 6.45) is 7.74. The third-order valence-electron chi connectivity index (χ3n) is 3.66. The molecule has 1 aromatic rings. The van der Waals surface area contributed by atoms with E-state index < -0.39 is 15.9 Å². The van der Waals surface area contributed by atoms with Crippen molar-refractivity contribution < 1.29 is 17.6 Å². The summed E-state index contributed by atoms with van der Waals surface area (Å²) in [6, 6.07) is 2.68. The van der Waals surface area contributed by atoms with E-state index >= 15 is 0 Å². The SMILES string of the molecule is CN(C)S(=O)(=O)c1ccc(C(=O)NCCC2=CCCCC2)o1. The highest BCUT2D eigenvalue weighted by Gasteiger charge is 2.23. The lowest BCUT2D eigenvalue weighted by molar-refractivity contribution is 0.0921. The maximum Gasteiger partial charge on any atom is 0.287 e. The fourth-order valence-electron chi connectivity index (χ4n) is 2.32. The van der Waals surface area contributed by atoms with E-state index in [4.69, 9.17) is 4.42 Å². The van der Waals surface area contributed by atoms with Crippen molar-refractivity contribution in [2.75, 3.05) is 20.6 Å². The van der Waals surface area contributed by atoms with E-state index in [2.05, 4.69) is 11.4 Å². The maximum atomic E-state index is 12.0. The Labute approximate surface area is 131 Å². The molecule has 0 radical (unpaired) electrons. The van der Waals surface area contributed by atoms with Crippen LogP contribution in [0.25, 0.3) is 0 Å². The van der Waals surface area contributed by atoms with E-state index in [1.54, 1.807) is 0 Å². The molecular weight excluding hydrogens is 304 g/mol. The molecular formula is C15H22N2O4S. The fraction of sp³-hybridized carbons (Fsp3) is 0.533. The van der Waals surface area contributed by atoms with Crippen molar-refractivity contribution in [2.24, 2.45) is 0 Å². The van der Waals surface area contributed by atoms with Gasteiger partial charge in [-0.2, -0.15) is 0 Å². The van der Waals surface area contributed by atoms with Gasteiger partial charge in [-0.15, -0.1) is 0 Å². The molecule has 0 fully saturated rings. The number of hydrogen-bond acceptors (Lipinski definition) is 4. The Morgan fingerprint density at radius 2 is 2.09 bits per heavy atom. The van der Waals surface area contributed by atoms with Crippen LogP contribution in [0.2, 0.25) is 0 Å². The Bertz CT molecular complexity index is 659. The molecule has 1 N–H and O–H groups in total. The van der Waals surface area contributed by atoms with E-state index in [1.165, 1.54) is 44.6 Å². The lowest BCUT2D eigenvalue weighted by atomic mass is 9.97. The zero-order chi connectivity index (χ0) is 16.2. The number of nitrogens with zero attached hydrogens (tertiary/aromatic N) is 1. The molecule has 0 atom stereocenters. The first-order chi connectivity index (χ1) is 10.4. The molecule has 122 valence electrons. The van der Waals surface area contributed by atoms with Crippen LogP contribution in [-0.4, -0.2) is 39.3 Å². The molecule has 2 rings (SSSR count). The number of hydrogen-bond donors (Lipinski definition) is 1.